The van der Waals surface area contributed by atoms with E-state index >= 15 is 0 Å². The third-order valence-corrected chi connectivity index (χ3v) is 6.47. The molecule has 156 valence electrons. The first-order valence-corrected chi connectivity index (χ1v) is 13.0. The molecular formula is C20H45N3O2Si. The molecule has 0 fully saturated rings. The number of hydrogen-bond acceptors (Lipinski definition) is 4. The minimum atomic E-state index is -2.27. The molecule has 0 aromatic heterocycles. The van der Waals surface area contributed by atoms with Crippen molar-refractivity contribution in [2.24, 2.45) is 15.5 Å². The molecule has 0 bridgehead atoms. The molecule has 0 spiro atoms. The van der Waals surface area contributed by atoms with E-state index in [2.05, 4.69) is 18.3 Å². The van der Waals surface area contributed by atoms with E-state index in [-0.39, 0.29) is 6.47 Å². The monoisotopic (exact) mass is 387 g/mol. The zero-order chi connectivity index (χ0) is 19.9. The normalized spacial score (nSPS) is 10.9. The van der Waals surface area contributed by atoms with Gasteiger partial charge in [0.15, 0.2) is 0 Å². The third kappa shape index (κ3) is 25.5. The van der Waals surface area contributed by atoms with Gasteiger partial charge in [-0.1, -0.05) is 110 Å². The second kappa shape index (κ2) is 22.3. The summed E-state index contributed by atoms with van der Waals surface area (Å²) in [5.74, 6) is 0. The Kier molecular flexibility index (Phi) is 23.6. The number of rotatable bonds is 18. The number of unbranched alkanes of at least 4 members (excludes halogenated alkanes) is 15. The van der Waals surface area contributed by atoms with E-state index in [1.165, 1.54) is 96.3 Å². The molecule has 6 heteroatoms. The van der Waals surface area contributed by atoms with Crippen LogP contribution in [-0.2, 0) is 4.79 Å². The SMILES string of the molecule is C=N[Si](N)(N)CCCCCCCCCCCCCCCCCC.O=CO. The van der Waals surface area contributed by atoms with Crippen LogP contribution in [-0.4, -0.2) is 26.9 Å². The van der Waals surface area contributed by atoms with E-state index in [0.717, 1.165) is 12.5 Å². The number of carbonyl (C=O) groups is 1. The molecule has 26 heavy (non-hydrogen) atoms. The summed E-state index contributed by atoms with van der Waals surface area (Å²) >= 11 is 0. The van der Waals surface area contributed by atoms with Crippen LogP contribution in [0.25, 0.3) is 0 Å². The van der Waals surface area contributed by atoms with Gasteiger partial charge in [-0.15, -0.1) is 0 Å². The molecule has 0 aliphatic heterocycles. The van der Waals surface area contributed by atoms with Crippen LogP contribution < -0.4 is 10.8 Å². The first-order valence-electron chi connectivity index (χ1n) is 10.7. The topological polar surface area (TPSA) is 102 Å². The predicted molar refractivity (Wildman–Crippen MR) is 117 cm³/mol. The summed E-state index contributed by atoms with van der Waals surface area (Å²) in [6, 6.07) is 0.884. The van der Waals surface area contributed by atoms with Crippen LogP contribution in [0, 0.1) is 0 Å². The lowest BCUT2D eigenvalue weighted by Gasteiger charge is -2.13. The van der Waals surface area contributed by atoms with Gasteiger partial charge in [0.2, 0.25) is 0 Å². The van der Waals surface area contributed by atoms with Crippen molar-refractivity contribution in [3.8, 4) is 0 Å². The van der Waals surface area contributed by atoms with Gasteiger partial charge in [0, 0.05) is 0 Å². The average Bonchev–Trinajstić information content (AvgIpc) is 2.62. The first-order chi connectivity index (χ1) is 12.5. The fourth-order valence-corrected chi connectivity index (χ4v) is 4.01. The molecule has 0 heterocycles. The zero-order valence-electron chi connectivity index (χ0n) is 17.3. The van der Waals surface area contributed by atoms with Gasteiger partial charge in [0.05, 0.1) is 0 Å². The third-order valence-electron chi connectivity index (χ3n) is 4.73. The molecule has 0 radical (unpaired) electrons. The molecule has 0 aliphatic rings. The Morgan fingerprint density at radius 2 is 1.04 bits per heavy atom. The largest absolute Gasteiger partial charge is 0.483 e. The van der Waals surface area contributed by atoms with Gasteiger partial charge in [-0.05, 0) is 12.8 Å². The van der Waals surface area contributed by atoms with Gasteiger partial charge in [0.25, 0.3) is 6.47 Å². The highest BCUT2D eigenvalue weighted by Gasteiger charge is 2.20. The fourth-order valence-electron chi connectivity index (χ4n) is 3.04. The molecule has 0 aromatic carbocycles. The van der Waals surface area contributed by atoms with Crippen molar-refractivity contribution in [2.45, 2.75) is 116 Å². The summed E-state index contributed by atoms with van der Waals surface area (Å²) in [5, 5.41) is 18.6. The minimum absolute atomic E-state index is 0.250. The summed E-state index contributed by atoms with van der Waals surface area (Å²) in [4.78, 5) is 8.36. The lowest BCUT2D eigenvalue weighted by atomic mass is 10.0. The van der Waals surface area contributed by atoms with Crippen LogP contribution >= 0.6 is 0 Å². The smallest absolute Gasteiger partial charge is 0.326 e. The van der Waals surface area contributed by atoms with Crippen molar-refractivity contribution < 1.29 is 9.90 Å². The molecule has 0 atom stereocenters. The maximum atomic E-state index is 8.36. The van der Waals surface area contributed by atoms with Gasteiger partial charge >= 0.3 is 8.56 Å². The molecule has 5 nitrogen and oxygen atoms in total. The van der Waals surface area contributed by atoms with Gasteiger partial charge in [-0.25, -0.2) is 0 Å². The molecule has 0 saturated heterocycles. The Bertz CT molecular complexity index is 303. The van der Waals surface area contributed by atoms with E-state index < -0.39 is 8.56 Å². The summed E-state index contributed by atoms with van der Waals surface area (Å²) in [6.45, 7) is 5.52. The number of nitrogens with two attached hydrogens (primary N) is 2. The molecule has 0 aromatic rings. The predicted octanol–water partition coefficient (Wildman–Crippen LogP) is 5.51. The Morgan fingerprint density at radius 1 is 0.769 bits per heavy atom. The maximum Gasteiger partial charge on any atom is 0.326 e. The lowest BCUT2D eigenvalue weighted by Crippen LogP contribution is -2.53. The van der Waals surface area contributed by atoms with E-state index in [9.17, 15) is 0 Å². The fraction of sp³-hybridized carbons (Fsp3) is 0.900. The molecule has 5 N–H and O–H groups in total. The van der Waals surface area contributed by atoms with Gasteiger partial charge < -0.3 is 20.6 Å². The van der Waals surface area contributed by atoms with Gasteiger partial charge in [-0.2, -0.15) is 0 Å². The van der Waals surface area contributed by atoms with E-state index in [1.807, 2.05) is 0 Å². The molecule has 0 rings (SSSR count). The Balaban J connectivity index is 0. The van der Waals surface area contributed by atoms with Crippen LogP contribution in [0.1, 0.15) is 110 Å². The maximum absolute atomic E-state index is 8.36. The Morgan fingerprint density at radius 3 is 1.31 bits per heavy atom. The first kappa shape index (κ1) is 27.5. The van der Waals surface area contributed by atoms with Gasteiger partial charge in [0.1, 0.15) is 0 Å². The van der Waals surface area contributed by atoms with Crippen LogP contribution in [0.5, 0.6) is 0 Å². The van der Waals surface area contributed by atoms with Gasteiger partial charge in [-0.3, -0.25) is 4.79 Å². The van der Waals surface area contributed by atoms with Crippen LogP contribution in [0.4, 0.5) is 0 Å². The molecular weight excluding hydrogens is 342 g/mol. The van der Waals surface area contributed by atoms with Crippen molar-refractivity contribution in [3.63, 3.8) is 0 Å². The van der Waals surface area contributed by atoms with Crippen LogP contribution in [0.3, 0.4) is 0 Å². The summed E-state index contributed by atoms with van der Waals surface area (Å²) in [5.41, 5.74) is 0. The second-order valence-electron chi connectivity index (χ2n) is 7.31. The van der Waals surface area contributed by atoms with E-state index in [1.54, 1.807) is 0 Å². The zero-order valence-corrected chi connectivity index (χ0v) is 18.3. The quantitative estimate of drug-likeness (QED) is 0.125. The number of carboxylic acid groups (broad SMARTS) is 1. The minimum Gasteiger partial charge on any atom is -0.483 e. The molecule has 0 saturated carbocycles. The summed E-state index contributed by atoms with van der Waals surface area (Å²) in [6.07, 6.45) is 22.2. The van der Waals surface area contributed by atoms with Crippen molar-refractivity contribution in [2.75, 3.05) is 0 Å². The lowest BCUT2D eigenvalue weighted by molar-refractivity contribution is -0.122. The van der Waals surface area contributed by atoms with E-state index in [4.69, 9.17) is 20.7 Å². The van der Waals surface area contributed by atoms with Crippen molar-refractivity contribution in [1.29, 1.82) is 0 Å². The summed E-state index contributed by atoms with van der Waals surface area (Å²) < 4.78 is 3.87. The number of hydrogen-bond donors (Lipinski definition) is 3. The number of nitrogens with zero attached hydrogens (tertiary/aromatic N) is 1. The Hall–Kier alpha value is -0.723. The standard InChI is InChI=1S/C19H43N3Si.CH2O2/c1-3-4-5-6-7-8-9-10-11-12-13-14-15-16-17-18-19-23(20,21)22-2;2-1-3/h2-21H2,1H3;1H,(H,2,3). The molecule has 0 amide bonds. The average molecular weight is 388 g/mol. The molecule has 0 unspecified atom stereocenters. The highest BCUT2D eigenvalue weighted by molar-refractivity contribution is 6.72. The molecule has 0 aliphatic carbocycles. The van der Waals surface area contributed by atoms with Crippen molar-refractivity contribution >= 4 is 21.7 Å². The van der Waals surface area contributed by atoms with Crippen molar-refractivity contribution in [1.82, 2.24) is 0 Å². The second-order valence-corrected chi connectivity index (χ2v) is 10.1. The van der Waals surface area contributed by atoms with Crippen molar-refractivity contribution in [3.05, 3.63) is 0 Å². The summed E-state index contributed by atoms with van der Waals surface area (Å²) in [7, 11) is -2.27. The van der Waals surface area contributed by atoms with E-state index in [0.29, 0.717) is 0 Å². The van der Waals surface area contributed by atoms with Crippen LogP contribution in [0.2, 0.25) is 6.04 Å². The van der Waals surface area contributed by atoms with Crippen LogP contribution in [0.15, 0.2) is 4.66 Å². The highest BCUT2D eigenvalue weighted by atomic mass is 28.4. The Labute approximate surface area is 163 Å². The highest BCUT2D eigenvalue weighted by Crippen LogP contribution is 2.14.